The smallest absolute Gasteiger partial charge is 0.271 e. The van der Waals surface area contributed by atoms with E-state index in [-0.39, 0.29) is 16.1 Å². The number of nitrogens with one attached hydrogen (secondary N) is 1. The van der Waals surface area contributed by atoms with Gasteiger partial charge in [0.05, 0.1) is 6.20 Å². The zero-order chi connectivity index (χ0) is 11.8. The second-order valence-corrected chi connectivity index (χ2v) is 4.97. The van der Waals surface area contributed by atoms with Crippen molar-refractivity contribution in [2.45, 2.75) is 25.3 Å². The Kier molecular flexibility index (Phi) is 2.90. The second kappa shape index (κ2) is 4.07. The van der Waals surface area contributed by atoms with Crippen molar-refractivity contribution in [3.05, 3.63) is 21.6 Å². The van der Waals surface area contributed by atoms with Crippen LogP contribution < -0.4 is 16.2 Å². The molecule has 6 heteroatoms. The highest BCUT2D eigenvalue weighted by atomic mass is 35.5. The number of H-pyrrole nitrogens is 1. The van der Waals surface area contributed by atoms with Gasteiger partial charge < -0.3 is 10.6 Å². The van der Waals surface area contributed by atoms with Gasteiger partial charge in [-0.15, -0.1) is 0 Å². The van der Waals surface area contributed by atoms with Gasteiger partial charge in [-0.2, -0.15) is 0 Å². The maximum Gasteiger partial charge on any atom is 0.271 e. The van der Waals surface area contributed by atoms with E-state index in [0.29, 0.717) is 12.5 Å². The van der Waals surface area contributed by atoms with E-state index in [9.17, 15) is 4.79 Å². The molecule has 0 unspecified atom stereocenters. The maximum absolute atomic E-state index is 11.4. The van der Waals surface area contributed by atoms with Crippen LogP contribution in [0.1, 0.15) is 19.8 Å². The van der Waals surface area contributed by atoms with Crippen molar-refractivity contribution in [2.75, 3.05) is 18.0 Å². The third-order valence-corrected chi connectivity index (χ3v) is 3.04. The lowest BCUT2D eigenvalue weighted by atomic mass is 9.93. The Balaban J connectivity index is 2.24. The van der Waals surface area contributed by atoms with Gasteiger partial charge in [0.2, 0.25) is 5.95 Å². The molecule has 88 valence electrons. The fourth-order valence-corrected chi connectivity index (χ4v) is 2.08. The summed E-state index contributed by atoms with van der Waals surface area (Å²) in [7, 11) is 0. The highest BCUT2D eigenvalue weighted by Gasteiger charge is 2.27. The van der Waals surface area contributed by atoms with E-state index in [4.69, 9.17) is 17.3 Å². The molecule has 0 saturated carbocycles. The predicted molar refractivity (Wildman–Crippen MR) is 63.9 cm³/mol. The van der Waals surface area contributed by atoms with Crippen molar-refractivity contribution >= 4 is 17.5 Å². The van der Waals surface area contributed by atoms with Crippen molar-refractivity contribution < 1.29 is 0 Å². The van der Waals surface area contributed by atoms with Gasteiger partial charge in [0.25, 0.3) is 5.56 Å². The molecule has 1 aliphatic rings. The summed E-state index contributed by atoms with van der Waals surface area (Å²) in [6.07, 6.45) is 3.36. The number of halogens is 1. The normalized spacial score (nSPS) is 25.8. The maximum atomic E-state index is 11.4. The lowest BCUT2D eigenvalue weighted by Gasteiger charge is -2.37. The fourth-order valence-electron chi connectivity index (χ4n) is 1.98. The van der Waals surface area contributed by atoms with E-state index in [0.717, 1.165) is 19.4 Å². The number of hydrogen-bond acceptors (Lipinski definition) is 4. The highest BCUT2D eigenvalue weighted by molar-refractivity contribution is 6.30. The molecule has 1 atom stereocenters. The van der Waals surface area contributed by atoms with Crippen LogP contribution in [0, 0.1) is 0 Å². The Morgan fingerprint density at radius 2 is 2.44 bits per heavy atom. The van der Waals surface area contributed by atoms with Crippen molar-refractivity contribution in [1.82, 2.24) is 9.97 Å². The summed E-state index contributed by atoms with van der Waals surface area (Å²) < 4.78 is 0. The first-order valence-corrected chi connectivity index (χ1v) is 5.64. The quantitative estimate of drug-likeness (QED) is 0.762. The predicted octanol–water partition coefficient (Wildman–Crippen LogP) is 0.741. The molecule has 0 aliphatic carbocycles. The van der Waals surface area contributed by atoms with Crippen LogP contribution in [0.3, 0.4) is 0 Å². The molecule has 0 aromatic carbocycles. The Bertz CT molecular complexity index is 443. The molecule has 0 amide bonds. The topological polar surface area (TPSA) is 75.0 Å². The van der Waals surface area contributed by atoms with Crippen molar-refractivity contribution in [3.8, 4) is 0 Å². The zero-order valence-corrected chi connectivity index (χ0v) is 9.92. The Morgan fingerprint density at radius 3 is 3.06 bits per heavy atom. The first kappa shape index (κ1) is 11.4. The standard InChI is InChI=1S/C10H15ClN4O/c1-10(12)3-2-4-15(6-10)9-13-5-7(11)8(16)14-9/h5H,2-4,6,12H2,1H3,(H,13,14,16)/t10-/m1/s1. The van der Waals surface area contributed by atoms with E-state index in [1.165, 1.54) is 6.20 Å². The molecule has 0 radical (unpaired) electrons. The Hall–Kier alpha value is -1.07. The number of nitrogens with two attached hydrogens (primary N) is 1. The summed E-state index contributed by atoms with van der Waals surface area (Å²) in [4.78, 5) is 20.1. The van der Waals surface area contributed by atoms with Crippen LogP contribution in [0.2, 0.25) is 5.02 Å². The molecule has 2 rings (SSSR count). The molecule has 1 aliphatic heterocycles. The van der Waals surface area contributed by atoms with Crippen LogP contribution in [0.5, 0.6) is 0 Å². The summed E-state index contributed by atoms with van der Waals surface area (Å²) in [6, 6.07) is 0. The van der Waals surface area contributed by atoms with Crippen molar-refractivity contribution in [2.24, 2.45) is 5.73 Å². The minimum absolute atomic E-state index is 0.108. The van der Waals surface area contributed by atoms with Gasteiger partial charge >= 0.3 is 0 Å². The average molecular weight is 243 g/mol. The first-order valence-electron chi connectivity index (χ1n) is 5.27. The Morgan fingerprint density at radius 1 is 1.69 bits per heavy atom. The molecule has 5 nitrogen and oxygen atoms in total. The number of nitrogens with zero attached hydrogens (tertiary/aromatic N) is 2. The van der Waals surface area contributed by atoms with Crippen LogP contribution in [0.15, 0.2) is 11.0 Å². The summed E-state index contributed by atoms with van der Waals surface area (Å²) in [5.74, 6) is 0.547. The SMILES string of the molecule is C[C@@]1(N)CCCN(c2ncc(Cl)c(=O)[nH]2)C1. The molecular formula is C10H15ClN4O. The second-order valence-electron chi connectivity index (χ2n) is 4.56. The summed E-state index contributed by atoms with van der Waals surface area (Å²) in [5, 5.41) is 0.108. The highest BCUT2D eigenvalue weighted by Crippen LogP contribution is 2.20. The molecule has 0 spiro atoms. The van der Waals surface area contributed by atoms with Crippen LogP contribution in [-0.4, -0.2) is 28.6 Å². The van der Waals surface area contributed by atoms with Crippen molar-refractivity contribution in [3.63, 3.8) is 0 Å². The molecule has 16 heavy (non-hydrogen) atoms. The van der Waals surface area contributed by atoms with Gasteiger partial charge in [-0.25, -0.2) is 4.98 Å². The average Bonchev–Trinajstić information content (AvgIpc) is 2.20. The third kappa shape index (κ3) is 2.36. The summed E-state index contributed by atoms with van der Waals surface area (Å²) >= 11 is 5.63. The van der Waals surface area contributed by atoms with Crippen molar-refractivity contribution in [1.29, 1.82) is 0 Å². The molecule has 1 aromatic rings. The molecule has 0 bridgehead atoms. The molecular weight excluding hydrogens is 228 g/mol. The zero-order valence-electron chi connectivity index (χ0n) is 9.16. The molecule has 3 N–H and O–H groups in total. The number of aromatic amines is 1. The number of piperidine rings is 1. The lowest BCUT2D eigenvalue weighted by molar-refractivity contribution is 0.371. The number of hydrogen-bond donors (Lipinski definition) is 2. The minimum atomic E-state index is -0.309. The number of rotatable bonds is 1. The number of aromatic nitrogens is 2. The number of anilines is 1. The van der Waals surface area contributed by atoms with E-state index in [1.54, 1.807) is 0 Å². The van der Waals surface area contributed by atoms with Crippen LogP contribution in [0.4, 0.5) is 5.95 Å². The van der Waals surface area contributed by atoms with Gasteiger partial charge in [-0.1, -0.05) is 11.6 Å². The van der Waals surface area contributed by atoms with Crippen LogP contribution in [0.25, 0.3) is 0 Å². The van der Waals surface area contributed by atoms with Gasteiger partial charge in [0.1, 0.15) is 5.02 Å². The van der Waals surface area contributed by atoms with E-state index in [2.05, 4.69) is 9.97 Å². The lowest BCUT2D eigenvalue weighted by Crippen LogP contribution is -2.52. The van der Waals surface area contributed by atoms with Crippen LogP contribution in [-0.2, 0) is 0 Å². The minimum Gasteiger partial charge on any atom is -0.341 e. The van der Waals surface area contributed by atoms with E-state index >= 15 is 0 Å². The first-order chi connectivity index (χ1) is 7.48. The summed E-state index contributed by atoms with van der Waals surface area (Å²) in [6.45, 7) is 3.56. The Labute approximate surface area is 98.6 Å². The van der Waals surface area contributed by atoms with Gasteiger partial charge in [-0.05, 0) is 19.8 Å². The molecule has 1 saturated heterocycles. The molecule has 2 heterocycles. The van der Waals surface area contributed by atoms with E-state index in [1.807, 2.05) is 11.8 Å². The molecule has 1 aromatic heterocycles. The van der Waals surface area contributed by atoms with Gasteiger partial charge in [-0.3, -0.25) is 9.78 Å². The van der Waals surface area contributed by atoms with Gasteiger partial charge in [0.15, 0.2) is 0 Å². The monoisotopic (exact) mass is 242 g/mol. The fraction of sp³-hybridized carbons (Fsp3) is 0.600. The van der Waals surface area contributed by atoms with Gasteiger partial charge in [0, 0.05) is 18.6 Å². The summed E-state index contributed by atoms with van der Waals surface area (Å²) in [5.41, 5.74) is 5.55. The van der Waals surface area contributed by atoms with E-state index < -0.39 is 0 Å². The third-order valence-electron chi connectivity index (χ3n) is 2.77. The largest absolute Gasteiger partial charge is 0.341 e. The molecule has 1 fully saturated rings. The van der Waals surface area contributed by atoms with Crippen LogP contribution >= 0.6 is 11.6 Å².